The number of aromatic amines is 1. The number of benzene rings is 1. The first kappa shape index (κ1) is 17.3. The average molecular weight is 384 g/mol. The first-order valence-electron chi connectivity index (χ1n) is 9.81. The first-order valence-corrected chi connectivity index (χ1v) is 10.8. The van der Waals surface area contributed by atoms with Crippen LogP contribution in [0, 0.1) is 12.8 Å². The van der Waals surface area contributed by atoms with Gasteiger partial charge in [-0.3, -0.25) is 14.8 Å². The molecule has 2 aromatic rings. The average Bonchev–Trinajstić information content (AvgIpc) is 3.33. The SMILES string of the molecule is Cc1nc(SCC(=O)N2C[C@H](c3ccccc3)[C@@H]3[C@H]2C2CCN3CC2)n[nH]1. The zero-order valence-electron chi connectivity index (χ0n) is 15.5. The maximum absolute atomic E-state index is 13.2. The zero-order valence-corrected chi connectivity index (χ0v) is 16.4. The summed E-state index contributed by atoms with van der Waals surface area (Å²) >= 11 is 1.43. The predicted octanol–water partition coefficient (Wildman–Crippen LogP) is 2.29. The van der Waals surface area contributed by atoms with E-state index in [-0.39, 0.29) is 5.91 Å². The number of nitrogens with zero attached hydrogens (tertiary/aromatic N) is 4. The molecule has 0 spiro atoms. The highest BCUT2D eigenvalue weighted by molar-refractivity contribution is 7.99. The lowest BCUT2D eigenvalue weighted by molar-refractivity contribution is -0.133. The second-order valence-electron chi connectivity index (χ2n) is 7.91. The molecule has 0 saturated carbocycles. The number of carbonyl (C=O) groups is 1. The molecule has 4 fully saturated rings. The highest BCUT2D eigenvalue weighted by Crippen LogP contribution is 2.46. The van der Waals surface area contributed by atoms with Crippen LogP contribution in [-0.2, 0) is 4.79 Å². The number of carbonyl (C=O) groups excluding carboxylic acids is 1. The molecule has 0 unspecified atom stereocenters. The van der Waals surface area contributed by atoms with Gasteiger partial charge in [0.25, 0.3) is 0 Å². The van der Waals surface area contributed by atoms with Crippen molar-refractivity contribution in [2.24, 2.45) is 5.92 Å². The number of likely N-dealkylation sites (tertiary alicyclic amines) is 1. The summed E-state index contributed by atoms with van der Waals surface area (Å²) in [5.74, 6) is 2.49. The molecule has 6 nitrogen and oxygen atoms in total. The van der Waals surface area contributed by atoms with Crippen molar-refractivity contribution in [1.29, 1.82) is 0 Å². The molecular weight excluding hydrogens is 358 g/mol. The Balaban J connectivity index is 1.38. The summed E-state index contributed by atoms with van der Waals surface area (Å²) in [6, 6.07) is 11.6. The number of amides is 1. The Hall–Kier alpha value is -1.86. The van der Waals surface area contributed by atoms with Crippen LogP contribution in [0.25, 0.3) is 0 Å². The van der Waals surface area contributed by atoms with E-state index in [9.17, 15) is 4.79 Å². The van der Waals surface area contributed by atoms with E-state index < -0.39 is 0 Å². The minimum Gasteiger partial charge on any atom is -0.336 e. The lowest BCUT2D eigenvalue weighted by atomic mass is 9.75. The molecule has 0 radical (unpaired) electrons. The van der Waals surface area contributed by atoms with E-state index >= 15 is 0 Å². The van der Waals surface area contributed by atoms with E-state index in [0.29, 0.717) is 34.8 Å². The van der Waals surface area contributed by atoms with E-state index in [4.69, 9.17) is 0 Å². The standard InChI is InChI=1S/C20H25N5OS/c1-13-21-20(23-22-13)27-12-17(26)25-11-16(14-5-3-2-4-6-14)19-18(25)15-7-9-24(19)10-8-15/h2-6,15-16,18-19H,7-12H2,1H3,(H,21,22,23)/t16-,18-,19-/m1/s1. The van der Waals surface area contributed by atoms with Gasteiger partial charge in [-0.15, -0.1) is 5.10 Å². The van der Waals surface area contributed by atoms with Crippen molar-refractivity contribution in [2.75, 3.05) is 25.4 Å². The minimum absolute atomic E-state index is 0.227. The summed E-state index contributed by atoms with van der Waals surface area (Å²) in [6.07, 6.45) is 2.44. The van der Waals surface area contributed by atoms with Crippen LogP contribution in [-0.4, -0.2) is 68.4 Å². The minimum atomic E-state index is 0.227. The van der Waals surface area contributed by atoms with Crippen molar-refractivity contribution in [3.63, 3.8) is 0 Å². The molecule has 3 atom stereocenters. The monoisotopic (exact) mass is 383 g/mol. The third-order valence-corrected chi connectivity index (χ3v) is 7.28. The van der Waals surface area contributed by atoms with Gasteiger partial charge in [0.15, 0.2) is 0 Å². The molecule has 0 aliphatic carbocycles. The van der Waals surface area contributed by atoms with Gasteiger partial charge in [-0.1, -0.05) is 42.1 Å². The van der Waals surface area contributed by atoms with Crippen LogP contribution in [0.2, 0.25) is 0 Å². The lowest BCUT2D eigenvalue weighted by Crippen LogP contribution is -2.60. The zero-order chi connectivity index (χ0) is 18.4. The van der Waals surface area contributed by atoms with Gasteiger partial charge in [-0.05, 0) is 44.3 Å². The Morgan fingerprint density at radius 3 is 2.70 bits per heavy atom. The normalized spacial score (nSPS) is 31.9. The number of fused-ring (bicyclic) bond motifs is 2. The molecular formula is C20H25N5OS. The fourth-order valence-electron chi connectivity index (χ4n) is 5.29. The van der Waals surface area contributed by atoms with Gasteiger partial charge < -0.3 is 4.90 Å². The van der Waals surface area contributed by atoms with E-state index in [2.05, 4.69) is 55.3 Å². The number of H-pyrrole nitrogens is 1. The Kier molecular flexibility index (Phi) is 4.44. The maximum atomic E-state index is 13.2. The van der Waals surface area contributed by atoms with Gasteiger partial charge in [0.05, 0.1) is 11.8 Å². The van der Waals surface area contributed by atoms with Crippen LogP contribution < -0.4 is 0 Å². The molecule has 6 rings (SSSR count). The number of hydrogen-bond acceptors (Lipinski definition) is 5. The second kappa shape index (κ2) is 6.95. The third-order valence-electron chi connectivity index (χ3n) is 6.44. The van der Waals surface area contributed by atoms with Crippen molar-refractivity contribution in [3.05, 3.63) is 41.7 Å². The van der Waals surface area contributed by atoms with Crippen LogP contribution in [0.4, 0.5) is 0 Å². The fraction of sp³-hybridized carbons (Fsp3) is 0.550. The number of hydrogen-bond donors (Lipinski definition) is 1. The quantitative estimate of drug-likeness (QED) is 0.821. The summed E-state index contributed by atoms with van der Waals surface area (Å²) in [7, 11) is 0. The molecule has 27 heavy (non-hydrogen) atoms. The van der Waals surface area contributed by atoms with E-state index in [1.54, 1.807) is 0 Å². The van der Waals surface area contributed by atoms with Gasteiger partial charge in [-0.25, -0.2) is 4.98 Å². The molecule has 142 valence electrons. The molecule has 1 N–H and O–H groups in total. The van der Waals surface area contributed by atoms with Gasteiger partial charge in [0, 0.05) is 18.5 Å². The fourth-order valence-corrected chi connectivity index (χ4v) is 6.02. The summed E-state index contributed by atoms with van der Waals surface area (Å²) < 4.78 is 0. The number of aryl methyl sites for hydroxylation is 1. The van der Waals surface area contributed by atoms with Crippen molar-refractivity contribution in [2.45, 2.75) is 42.9 Å². The number of piperidine rings is 3. The first-order chi connectivity index (χ1) is 13.2. The molecule has 4 aliphatic heterocycles. The Morgan fingerprint density at radius 2 is 2.00 bits per heavy atom. The third kappa shape index (κ3) is 3.06. The predicted molar refractivity (Wildman–Crippen MR) is 105 cm³/mol. The highest BCUT2D eigenvalue weighted by Gasteiger charge is 2.54. The van der Waals surface area contributed by atoms with E-state index in [1.807, 2.05) is 6.92 Å². The Labute approximate surface area is 163 Å². The largest absolute Gasteiger partial charge is 0.336 e. The maximum Gasteiger partial charge on any atom is 0.233 e. The van der Waals surface area contributed by atoms with Gasteiger partial charge >= 0.3 is 0 Å². The summed E-state index contributed by atoms with van der Waals surface area (Å²) in [5.41, 5.74) is 1.37. The highest BCUT2D eigenvalue weighted by atomic mass is 32.2. The van der Waals surface area contributed by atoms with Gasteiger partial charge in [0.2, 0.25) is 11.1 Å². The van der Waals surface area contributed by atoms with Crippen molar-refractivity contribution < 1.29 is 4.79 Å². The molecule has 7 heteroatoms. The molecule has 4 aliphatic rings. The Morgan fingerprint density at radius 1 is 1.22 bits per heavy atom. The van der Waals surface area contributed by atoms with Crippen LogP contribution in [0.3, 0.4) is 0 Å². The molecule has 1 aromatic carbocycles. The summed E-state index contributed by atoms with van der Waals surface area (Å²) in [6.45, 7) is 5.07. The summed E-state index contributed by atoms with van der Waals surface area (Å²) in [5, 5.41) is 7.65. The lowest BCUT2D eigenvalue weighted by Gasteiger charge is -2.51. The number of rotatable bonds is 4. The Bertz CT molecular complexity index is 817. The van der Waals surface area contributed by atoms with Crippen molar-refractivity contribution >= 4 is 17.7 Å². The molecule has 1 aromatic heterocycles. The van der Waals surface area contributed by atoms with Crippen molar-refractivity contribution in [1.82, 2.24) is 25.0 Å². The number of thioether (sulfide) groups is 1. The van der Waals surface area contributed by atoms with Gasteiger partial charge in [0.1, 0.15) is 5.82 Å². The smallest absolute Gasteiger partial charge is 0.233 e. The molecule has 1 amide bonds. The summed E-state index contributed by atoms with van der Waals surface area (Å²) in [4.78, 5) is 22.3. The van der Waals surface area contributed by atoms with Crippen LogP contribution in [0.5, 0.6) is 0 Å². The molecule has 4 saturated heterocycles. The topological polar surface area (TPSA) is 65.1 Å². The van der Waals surface area contributed by atoms with Crippen molar-refractivity contribution in [3.8, 4) is 0 Å². The molecule has 5 heterocycles. The van der Waals surface area contributed by atoms with Gasteiger partial charge in [-0.2, -0.15) is 0 Å². The van der Waals surface area contributed by atoms with E-state index in [0.717, 1.165) is 12.4 Å². The number of aromatic nitrogens is 3. The second-order valence-corrected chi connectivity index (χ2v) is 8.85. The van der Waals surface area contributed by atoms with Crippen LogP contribution >= 0.6 is 11.8 Å². The van der Waals surface area contributed by atoms with Crippen LogP contribution in [0.15, 0.2) is 35.5 Å². The molecule has 2 bridgehead atoms. The van der Waals surface area contributed by atoms with Crippen LogP contribution in [0.1, 0.15) is 30.1 Å². The van der Waals surface area contributed by atoms with E-state index in [1.165, 1.54) is 43.3 Å². The number of nitrogens with one attached hydrogen (secondary N) is 1.